The summed E-state index contributed by atoms with van der Waals surface area (Å²) < 4.78 is 4.60. The Balaban J connectivity index is 2.79. The molecule has 0 N–H and O–H groups in total. The highest BCUT2D eigenvalue weighted by Crippen LogP contribution is 2.07. The van der Waals surface area contributed by atoms with Crippen LogP contribution >= 0.6 is 0 Å². The van der Waals surface area contributed by atoms with Crippen LogP contribution in [0.2, 0.25) is 0 Å². The van der Waals surface area contributed by atoms with E-state index < -0.39 is 0 Å². The molecule has 0 aromatic heterocycles. The average molecular weight is 186 g/mol. The van der Waals surface area contributed by atoms with E-state index in [0.29, 0.717) is 13.1 Å². The van der Waals surface area contributed by atoms with Gasteiger partial charge in [0.15, 0.2) is 0 Å². The number of carbonyl (C=O) groups excluding carboxylic acids is 1. The molecule has 78 valence electrons. The molecule has 0 fully saturated rings. The molecular weight excluding hydrogens is 164 g/mol. The van der Waals surface area contributed by atoms with Crippen LogP contribution in [0.25, 0.3) is 0 Å². The Kier molecular flexibility index (Phi) is 11.0. The molecule has 0 atom stereocenters. The molecule has 13 heavy (non-hydrogen) atoms. The van der Waals surface area contributed by atoms with Crippen molar-refractivity contribution in [1.82, 2.24) is 0 Å². The van der Waals surface area contributed by atoms with Gasteiger partial charge in [0.1, 0.15) is 0 Å². The first-order valence-corrected chi connectivity index (χ1v) is 5.47. The van der Waals surface area contributed by atoms with Gasteiger partial charge in [0.2, 0.25) is 0 Å². The largest absolute Gasteiger partial charge is 0.468 e. The predicted molar refractivity (Wildman–Crippen MR) is 54.6 cm³/mol. The first-order valence-electron chi connectivity index (χ1n) is 5.47. The number of hydrogen-bond donors (Lipinski definition) is 0. The third kappa shape index (κ3) is 11.5. The molecule has 0 unspecified atom stereocenters. The molecule has 0 amide bonds. The van der Waals surface area contributed by atoms with E-state index in [4.69, 9.17) is 0 Å². The first-order chi connectivity index (χ1) is 6.41. The van der Waals surface area contributed by atoms with Gasteiger partial charge in [0, 0.05) is 0 Å². The van der Waals surface area contributed by atoms with Gasteiger partial charge in [-0.25, -0.2) is 0 Å². The summed E-state index contributed by atoms with van der Waals surface area (Å²) in [4.78, 5) is 9.79. The van der Waals surface area contributed by atoms with Crippen LogP contribution in [0.3, 0.4) is 0 Å². The zero-order chi connectivity index (χ0) is 9.78. The minimum Gasteiger partial charge on any atom is -0.468 e. The fourth-order valence-electron chi connectivity index (χ4n) is 1.37. The van der Waals surface area contributed by atoms with Crippen molar-refractivity contribution in [2.45, 2.75) is 58.3 Å². The van der Waals surface area contributed by atoms with Crippen LogP contribution in [-0.2, 0) is 9.53 Å². The van der Waals surface area contributed by atoms with Crippen LogP contribution < -0.4 is 0 Å². The smallest absolute Gasteiger partial charge is 0.293 e. The Hall–Kier alpha value is -0.530. The monoisotopic (exact) mass is 186 g/mol. The lowest BCUT2D eigenvalue weighted by atomic mass is 10.1. The summed E-state index contributed by atoms with van der Waals surface area (Å²) in [6.45, 7) is 3.36. The number of ether oxygens (including phenoxy) is 1. The second-order valence-corrected chi connectivity index (χ2v) is 3.44. The van der Waals surface area contributed by atoms with Gasteiger partial charge < -0.3 is 4.74 Å². The van der Waals surface area contributed by atoms with E-state index in [9.17, 15) is 4.79 Å². The Morgan fingerprint density at radius 2 is 1.46 bits per heavy atom. The van der Waals surface area contributed by atoms with Crippen molar-refractivity contribution >= 4 is 6.47 Å². The lowest BCUT2D eigenvalue weighted by Crippen LogP contribution is -1.91. The van der Waals surface area contributed by atoms with Gasteiger partial charge in [-0.3, -0.25) is 4.79 Å². The number of rotatable bonds is 10. The van der Waals surface area contributed by atoms with Gasteiger partial charge in [0.05, 0.1) is 6.61 Å². The molecule has 0 heterocycles. The first kappa shape index (κ1) is 12.5. The molecule has 2 heteroatoms. The zero-order valence-electron chi connectivity index (χ0n) is 8.76. The van der Waals surface area contributed by atoms with Crippen molar-refractivity contribution < 1.29 is 9.53 Å². The molecule has 0 bridgehead atoms. The fraction of sp³-hybridized carbons (Fsp3) is 0.909. The van der Waals surface area contributed by atoms with Crippen LogP contribution in [0.15, 0.2) is 0 Å². The highest BCUT2D eigenvalue weighted by molar-refractivity contribution is 5.36. The maximum atomic E-state index is 9.79. The molecule has 0 aromatic rings. The molecule has 0 aromatic carbocycles. The maximum Gasteiger partial charge on any atom is 0.293 e. The Labute approximate surface area is 81.7 Å². The molecule has 0 rings (SSSR count). The lowest BCUT2D eigenvalue weighted by molar-refractivity contribution is -0.128. The highest BCUT2D eigenvalue weighted by atomic mass is 16.5. The van der Waals surface area contributed by atoms with Crippen LogP contribution in [0, 0.1) is 0 Å². The summed E-state index contributed by atoms with van der Waals surface area (Å²) in [5.41, 5.74) is 0. The summed E-state index contributed by atoms with van der Waals surface area (Å²) in [5.74, 6) is 0. The molecule has 0 saturated carbocycles. The zero-order valence-corrected chi connectivity index (χ0v) is 8.76. The average Bonchev–Trinajstić information content (AvgIpc) is 2.16. The number of unbranched alkanes of at least 4 members (excludes halogenated alkanes) is 7. The molecule has 0 saturated heterocycles. The van der Waals surface area contributed by atoms with E-state index in [2.05, 4.69) is 11.7 Å². The minimum atomic E-state index is 0.529. The summed E-state index contributed by atoms with van der Waals surface area (Å²) >= 11 is 0. The molecule has 0 aliphatic carbocycles. The van der Waals surface area contributed by atoms with E-state index in [1.807, 2.05) is 0 Å². The quantitative estimate of drug-likeness (QED) is 0.386. The van der Waals surface area contributed by atoms with Gasteiger partial charge in [-0.1, -0.05) is 51.9 Å². The molecule has 0 aliphatic heterocycles. The van der Waals surface area contributed by atoms with Gasteiger partial charge in [-0.2, -0.15) is 0 Å². The van der Waals surface area contributed by atoms with Crippen molar-refractivity contribution in [1.29, 1.82) is 0 Å². The van der Waals surface area contributed by atoms with Gasteiger partial charge in [-0.15, -0.1) is 0 Å². The summed E-state index contributed by atoms with van der Waals surface area (Å²) in [7, 11) is 0. The van der Waals surface area contributed by atoms with Crippen molar-refractivity contribution in [3.63, 3.8) is 0 Å². The van der Waals surface area contributed by atoms with Crippen LogP contribution in [0.4, 0.5) is 0 Å². The van der Waals surface area contributed by atoms with Crippen molar-refractivity contribution in [3.05, 3.63) is 0 Å². The molecule has 0 spiro atoms. The van der Waals surface area contributed by atoms with Crippen LogP contribution in [-0.4, -0.2) is 13.1 Å². The third-order valence-electron chi connectivity index (χ3n) is 2.18. The standard InChI is InChI=1S/C11H22O2/c1-2-3-4-5-6-7-8-9-10-13-11-12/h11H,2-10H2,1H3. The van der Waals surface area contributed by atoms with E-state index in [1.165, 1.54) is 44.9 Å². The number of carbonyl (C=O) groups is 1. The van der Waals surface area contributed by atoms with Crippen LogP contribution in [0.1, 0.15) is 58.3 Å². The van der Waals surface area contributed by atoms with Crippen molar-refractivity contribution in [2.24, 2.45) is 0 Å². The predicted octanol–water partition coefficient (Wildman–Crippen LogP) is 3.30. The third-order valence-corrected chi connectivity index (χ3v) is 2.18. The van der Waals surface area contributed by atoms with Gasteiger partial charge in [0.25, 0.3) is 6.47 Å². The van der Waals surface area contributed by atoms with Gasteiger partial charge >= 0.3 is 0 Å². The Morgan fingerprint density at radius 1 is 0.923 bits per heavy atom. The summed E-state index contributed by atoms with van der Waals surface area (Å²) in [5, 5.41) is 0. The van der Waals surface area contributed by atoms with E-state index in [1.54, 1.807) is 0 Å². The van der Waals surface area contributed by atoms with Crippen LogP contribution in [0.5, 0.6) is 0 Å². The van der Waals surface area contributed by atoms with Gasteiger partial charge in [-0.05, 0) is 6.42 Å². The fourth-order valence-corrected chi connectivity index (χ4v) is 1.37. The van der Waals surface area contributed by atoms with Crippen molar-refractivity contribution in [3.8, 4) is 0 Å². The molecule has 0 aliphatic rings. The minimum absolute atomic E-state index is 0.529. The molecular formula is C11H22O2. The highest BCUT2D eigenvalue weighted by Gasteiger charge is 1.91. The Morgan fingerprint density at radius 3 is 2.00 bits per heavy atom. The summed E-state index contributed by atoms with van der Waals surface area (Å²) in [6.07, 6.45) is 10.3. The van der Waals surface area contributed by atoms with Crippen molar-refractivity contribution in [2.75, 3.05) is 6.61 Å². The SMILES string of the molecule is CCCCCCCCCCOC=O. The van der Waals surface area contributed by atoms with E-state index in [-0.39, 0.29) is 0 Å². The molecule has 2 nitrogen and oxygen atoms in total. The Bertz CT molecular complexity index is 102. The van der Waals surface area contributed by atoms with E-state index >= 15 is 0 Å². The normalized spacial score (nSPS) is 9.92. The lowest BCUT2D eigenvalue weighted by Gasteiger charge is -2.00. The molecule has 0 radical (unpaired) electrons. The second-order valence-electron chi connectivity index (χ2n) is 3.44. The topological polar surface area (TPSA) is 26.3 Å². The maximum absolute atomic E-state index is 9.79. The van der Waals surface area contributed by atoms with E-state index in [0.717, 1.165) is 6.42 Å². The number of hydrogen-bond acceptors (Lipinski definition) is 2. The second kappa shape index (κ2) is 11.5. The summed E-state index contributed by atoms with van der Waals surface area (Å²) in [6, 6.07) is 0.